The number of imidazole rings is 1. The normalized spacial score (nSPS) is 14.8. The van der Waals surface area contributed by atoms with Crippen LogP contribution < -0.4 is 4.74 Å². The van der Waals surface area contributed by atoms with Crippen LogP contribution in [0.1, 0.15) is 5.56 Å². The van der Waals surface area contributed by atoms with Gasteiger partial charge in [-0.25, -0.2) is 4.98 Å². The standard InChI is InChI=1S/C21H19N3OS/c1-23-8-10-25-20-7-6-17(12-18(20)13-23)15-2-4-16(5-3-15)19-14-24-9-11-26-21(24)22-19/h2-7,9,11-12,14H,8,10,13H2,1H3. The van der Waals surface area contributed by atoms with Crippen LogP contribution in [0.4, 0.5) is 0 Å². The molecular weight excluding hydrogens is 342 g/mol. The number of likely N-dealkylation sites (N-methyl/N-ethyl adjacent to an activating group) is 1. The van der Waals surface area contributed by atoms with Crippen molar-refractivity contribution in [3.63, 3.8) is 0 Å². The van der Waals surface area contributed by atoms with Gasteiger partial charge < -0.3 is 4.74 Å². The molecule has 0 saturated carbocycles. The van der Waals surface area contributed by atoms with Crippen LogP contribution in [0.3, 0.4) is 0 Å². The van der Waals surface area contributed by atoms with Crippen molar-refractivity contribution in [2.24, 2.45) is 0 Å². The molecule has 0 aliphatic carbocycles. The fourth-order valence-electron chi connectivity index (χ4n) is 3.40. The molecule has 0 spiro atoms. The number of hydrogen-bond acceptors (Lipinski definition) is 4. The van der Waals surface area contributed by atoms with Gasteiger partial charge in [0, 0.05) is 42.0 Å². The molecule has 3 heterocycles. The van der Waals surface area contributed by atoms with Crippen LogP contribution in [-0.4, -0.2) is 34.5 Å². The first-order chi connectivity index (χ1) is 12.8. The van der Waals surface area contributed by atoms with Crippen molar-refractivity contribution in [1.82, 2.24) is 14.3 Å². The summed E-state index contributed by atoms with van der Waals surface area (Å²) in [6, 6.07) is 15.1. The Morgan fingerprint density at radius 1 is 1.04 bits per heavy atom. The molecule has 0 atom stereocenters. The van der Waals surface area contributed by atoms with Crippen molar-refractivity contribution in [2.75, 3.05) is 20.2 Å². The van der Waals surface area contributed by atoms with Crippen LogP contribution in [0.2, 0.25) is 0 Å². The van der Waals surface area contributed by atoms with Gasteiger partial charge in [0.2, 0.25) is 0 Å². The molecule has 0 amide bonds. The first kappa shape index (κ1) is 15.6. The summed E-state index contributed by atoms with van der Waals surface area (Å²) in [4.78, 5) is 8.00. The average molecular weight is 361 g/mol. The van der Waals surface area contributed by atoms with Crippen LogP contribution in [-0.2, 0) is 6.54 Å². The number of nitrogens with zero attached hydrogens (tertiary/aromatic N) is 3. The second-order valence-corrected chi connectivity index (χ2v) is 7.58. The van der Waals surface area contributed by atoms with Gasteiger partial charge in [0.25, 0.3) is 0 Å². The SMILES string of the molecule is CN1CCOc2ccc(-c3ccc(-c4cn5ccsc5n4)cc3)cc2C1. The summed E-state index contributed by atoms with van der Waals surface area (Å²) in [7, 11) is 2.13. The highest BCUT2D eigenvalue weighted by Gasteiger charge is 2.13. The first-order valence-electron chi connectivity index (χ1n) is 8.73. The quantitative estimate of drug-likeness (QED) is 0.524. The molecule has 2 aromatic carbocycles. The number of rotatable bonds is 2. The third-order valence-corrected chi connectivity index (χ3v) is 5.61. The molecule has 4 nitrogen and oxygen atoms in total. The van der Waals surface area contributed by atoms with Crippen molar-refractivity contribution < 1.29 is 4.74 Å². The Morgan fingerprint density at radius 2 is 1.85 bits per heavy atom. The number of thiazole rings is 1. The van der Waals surface area contributed by atoms with Crippen molar-refractivity contribution in [2.45, 2.75) is 6.54 Å². The van der Waals surface area contributed by atoms with Gasteiger partial charge in [-0.3, -0.25) is 9.30 Å². The molecule has 0 unspecified atom stereocenters. The molecule has 0 bridgehead atoms. The smallest absolute Gasteiger partial charge is 0.194 e. The Hall–Kier alpha value is -2.63. The Bertz CT molecular complexity index is 1040. The van der Waals surface area contributed by atoms with Gasteiger partial charge in [0.05, 0.1) is 5.69 Å². The van der Waals surface area contributed by atoms with E-state index in [2.05, 4.69) is 75.4 Å². The Balaban J connectivity index is 1.46. The first-order valence-corrected chi connectivity index (χ1v) is 9.61. The van der Waals surface area contributed by atoms with Crippen LogP contribution >= 0.6 is 11.3 Å². The van der Waals surface area contributed by atoms with Crippen LogP contribution in [0, 0.1) is 0 Å². The monoisotopic (exact) mass is 361 g/mol. The Labute approximate surface area is 156 Å². The second-order valence-electron chi connectivity index (χ2n) is 6.71. The minimum atomic E-state index is 0.750. The van der Waals surface area contributed by atoms with E-state index in [4.69, 9.17) is 4.74 Å². The molecule has 5 heteroatoms. The summed E-state index contributed by atoms with van der Waals surface area (Å²) in [6.07, 6.45) is 4.12. The number of ether oxygens (including phenoxy) is 1. The molecule has 130 valence electrons. The van der Waals surface area contributed by atoms with E-state index >= 15 is 0 Å². The van der Waals surface area contributed by atoms with Gasteiger partial charge in [0.1, 0.15) is 12.4 Å². The molecule has 26 heavy (non-hydrogen) atoms. The van der Waals surface area contributed by atoms with Gasteiger partial charge in [-0.2, -0.15) is 0 Å². The van der Waals surface area contributed by atoms with Crippen LogP contribution in [0.5, 0.6) is 5.75 Å². The molecule has 5 rings (SSSR count). The lowest BCUT2D eigenvalue weighted by Gasteiger charge is -2.12. The lowest BCUT2D eigenvalue weighted by atomic mass is 10.0. The molecule has 1 aliphatic rings. The van der Waals surface area contributed by atoms with E-state index in [0.717, 1.165) is 41.7 Å². The number of fused-ring (bicyclic) bond motifs is 2. The lowest BCUT2D eigenvalue weighted by molar-refractivity contribution is 0.259. The summed E-state index contributed by atoms with van der Waals surface area (Å²) in [5.41, 5.74) is 5.84. The van der Waals surface area contributed by atoms with E-state index in [0.29, 0.717) is 0 Å². The topological polar surface area (TPSA) is 29.8 Å². The zero-order chi connectivity index (χ0) is 17.5. The van der Waals surface area contributed by atoms with Crippen molar-refractivity contribution in [1.29, 1.82) is 0 Å². The molecule has 0 N–H and O–H groups in total. The molecule has 0 radical (unpaired) electrons. The third-order valence-electron chi connectivity index (χ3n) is 4.84. The van der Waals surface area contributed by atoms with E-state index in [1.807, 2.05) is 6.20 Å². The van der Waals surface area contributed by atoms with Crippen molar-refractivity contribution in [3.8, 4) is 28.1 Å². The summed E-state index contributed by atoms with van der Waals surface area (Å²) >= 11 is 1.65. The predicted molar refractivity (Wildman–Crippen MR) is 106 cm³/mol. The van der Waals surface area contributed by atoms with E-state index in [-0.39, 0.29) is 0 Å². The van der Waals surface area contributed by atoms with Gasteiger partial charge in [0.15, 0.2) is 4.96 Å². The largest absolute Gasteiger partial charge is 0.492 e. The molecule has 0 fully saturated rings. The number of benzene rings is 2. The fourth-order valence-corrected chi connectivity index (χ4v) is 4.10. The molecule has 1 aliphatic heterocycles. The highest BCUT2D eigenvalue weighted by atomic mass is 32.1. The third kappa shape index (κ3) is 2.79. The van der Waals surface area contributed by atoms with Gasteiger partial charge >= 0.3 is 0 Å². The summed E-state index contributed by atoms with van der Waals surface area (Å²) in [5.74, 6) is 1.01. The lowest BCUT2D eigenvalue weighted by Crippen LogP contribution is -2.20. The van der Waals surface area contributed by atoms with Gasteiger partial charge in [-0.1, -0.05) is 30.3 Å². The zero-order valence-corrected chi connectivity index (χ0v) is 15.4. The molecular formula is C21H19N3OS. The Morgan fingerprint density at radius 3 is 2.69 bits per heavy atom. The number of aromatic nitrogens is 2. The average Bonchev–Trinajstić information content (AvgIpc) is 3.20. The van der Waals surface area contributed by atoms with E-state index in [1.54, 1.807) is 11.3 Å². The van der Waals surface area contributed by atoms with Crippen molar-refractivity contribution >= 4 is 16.3 Å². The molecule has 0 saturated heterocycles. The summed E-state index contributed by atoms with van der Waals surface area (Å²) < 4.78 is 7.92. The van der Waals surface area contributed by atoms with Crippen LogP contribution in [0.15, 0.2) is 60.2 Å². The highest BCUT2D eigenvalue weighted by Crippen LogP contribution is 2.30. The molecule has 2 aromatic heterocycles. The van der Waals surface area contributed by atoms with Crippen molar-refractivity contribution in [3.05, 3.63) is 65.8 Å². The minimum absolute atomic E-state index is 0.750. The second kappa shape index (κ2) is 6.27. The summed E-state index contributed by atoms with van der Waals surface area (Å²) in [6.45, 7) is 2.63. The number of hydrogen-bond donors (Lipinski definition) is 0. The zero-order valence-electron chi connectivity index (χ0n) is 14.6. The maximum Gasteiger partial charge on any atom is 0.194 e. The highest BCUT2D eigenvalue weighted by molar-refractivity contribution is 7.15. The molecule has 4 aromatic rings. The Kier molecular flexibility index (Phi) is 3.76. The van der Waals surface area contributed by atoms with Crippen LogP contribution in [0.25, 0.3) is 27.3 Å². The van der Waals surface area contributed by atoms with E-state index in [1.165, 1.54) is 16.7 Å². The van der Waals surface area contributed by atoms with E-state index < -0.39 is 0 Å². The van der Waals surface area contributed by atoms with Gasteiger partial charge in [-0.05, 0) is 30.3 Å². The minimum Gasteiger partial charge on any atom is -0.492 e. The fraction of sp³-hybridized carbons (Fsp3) is 0.190. The van der Waals surface area contributed by atoms with E-state index in [9.17, 15) is 0 Å². The predicted octanol–water partition coefficient (Wildman–Crippen LogP) is 4.55. The maximum absolute atomic E-state index is 5.86. The maximum atomic E-state index is 5.86. The summed E-state index contributed by atoms with van der Waals surface area (Å²) in [5, 5.41) is 2.05. The van der Waals surface area contributed by atoms with Gasteiger partial charge in [-0.15, -0.1) is 11.3 Å².